The molecule has 3 heterocycles. The van der Waals surface area contributed by atoms with Gasteiger partial charge in [0, 0.05) is 42.5 Å². The Morgan fingerprint density at radius 2 is 1.71 bits per heavy atom. The summed E-state index contributed by atoms with van der Waals surface area (Å²) in [6.07, 6.45) is 1.49. The molecule has 28 heavy (non-hydrogen) atoms. The molecule has 0 bridgehead atoms. The highest BCUT2D eigenvalue weighted by molar-refractivity contribution is 6.31. The van der Waals surface area contributed by atoms with Gasteiger partial charge in [0.15, 0.2) is 5.76 Å². The van der Waals surface area contributed by atoms with Crippen LogP contribution in [-0.2, 0) is 9.53 Å². The van der Waals surface area contributed by atoms with Gasteiger partial charge in [-0.25, -0.2) is 0 Å². The topological polar surface area (TPSA) is 63.0 Å². The van der Waals surface area contributed by atoms with Crippen LogP contribution in [0.3, 0.4) is 0 Å². The molecule has 2 amide bonds. The van der Waals surface area contributed by atoms with Crippen LogP contribution in [0, 0.1) is 5.92 Å². The van der Waals surface area contributed by atoms with Crippen molar-refractivity contribution in [1.29, 1.82) is 0 Å². The molecule has 2 aromatic rings. The minimum Gasteiger partial charge on any atom is -0.451 e. The van der Waals surface area contributed by atoms with Crippen molar-refractivity contribution in [3.8, 4) is 0 Å². The Labute approximate surface area is 169 Å². The van der Waals surface area contributed by atoms with Crippen molar-refractivity contribution in [2.45, 2.75) is 38.9 Å². The third-order valence-corrected chi connectivity index (χ3v) is 5.79. The first-order valence-electron chi connectivity index (χ1n) is 9.83. The van der Waals surface area contributed by atoms with Crippen LogP contribution >= 0.6 is 11.6 Å². The van der Waals surface area contributed by atoms with Crippen LogP contribution in [-0.4, -0.2) is 60.0 Å². The Morgan fingerprint density at radius 3 is 2.39 bits per heavy atom. The monoisotopic (exact) mass is 404 g/mol. The number of nitrogens with zero attached hydrogens (tertiary/aromatic N) is 2. The number of benzene rings is 1. The number of carbonyl (C=O) groups excluding carboxylic acids is 2. The van der Waals surface area contributed by atoms with Gasteiger partial charge in [0.2, 0.25) is 5.91 Å². The van der Waals surface area contributed by atoms with E-state index in [1.807, 2.05) is 18.7 Å². The zero-order valence-electron chi connectivity index (χ0n) is 16.2. The second-order valence-electron chi connectivity index (χ2n) is 7.86. The summed E-state index contributed by atoms with van der Waals surface area (Å²) in [5.74, 6) is 0.341. The minimum atomic E-state index is -0.133. The van der Waals surface area contributed by atoms with Gasteiger partial charge in [-0.2, -0.15) is 0 Å². The fourth-order valence-corrected chi connectivity index (χ4v) is 4.40. The molecule has 0 saturated carbocycles. The van der Waals surface area contributed by atoms with Crippen molar-refractivity contribution >= 4 is 34.4 Å². The Morgan fingerprint density at radius 1 is 1.04 bits per heavy atom. The van der Waals surface area contributed by atoms with Gasteiger partial charge in [0.25, 0.3) is 5.91 Å². The summed E-state index contributed by atoms with van der Waals surface area (Å²) < 4.78 is 11.4. The van der Waals surface area contributed by atoms with Gasteiger partial charge in [-0.05, 0) is 51.0 Å². The molecule has 0 radical (unpaired) electrons. The first-order chi connectivity index (χ1) is 13.4. The number of likely N-dealkylation sites (tertiary alicyclic amines) is 1. The zero-order chi connectivity index (χ0) is 19.8. The number of halogens is 1. The molecule has 0 aliphatic carbocycles. The first kappa shape index (κ1) is 19.3. The molecule has 2 aliphatic rings. The van der Waals surface area contributed by atoms with Crippen LogP contribution in [0.5, 0.6) is 0 Å². The number of furan rings is 1. The zero-order valence-corrected chi connectivity index (χ0v) is 16.9. The third kappa shape index (κ3) is 3.89. The first-order valence-corrected chi connectivity index (χ1v) is 10.2. The molecule has 150 valence electrons. The van der Waals surface area contributed by atoms with Gasteiger partial charge in [0.1, 0.15) is 5.58 Å². The summed E-state index contributed by atoms with van der Waals surface area (Å²) in [7, 11) is 0. The SMILES string of the molecule is CC1CN(C(=O)C2CCN(C(=O)c3cc4cc(Cl)ccc4o3)CC2)CC(C)O1. The van der Waals surface area contributed by atoms with Gasteiger partial charge in [-0.15, -0.1) is 0 Å². The maximum Gasteiger partial charge on any atom is 0.289 e. The largest absolute Gasteiger partial charge is 0.451 e. The highest BCUT2D eigenvalue weighted by atomic mass is 35.5. The van der Waals surface area contributed by atoms with Crippen LogP contribution in [0.2, 0.25) is 5.02 Å². The summed E-state index contributed by atoms with van der Waals surface area (Å²) in [5, 5.41) is 1.43. The Hall–Kier alpha value is -2.05. The minimum absolute atomic E-state index is 0.0315. The Balaban J connectivity index is 1.37. The molecule has 6 nitrogen and oxygen atoms in total. The van der Waals surface area contributed by atoms with Crippen LogP contribution in [0.25, 0.3) is 11.0 Å². The normalized spacial score (nSPS) is 24.0. The van der Waals surface area contributed by atoms with Crippen molar-refractivity contribution in [2.24, 2.45) is 5.92 Å². The quantitative estimate of drug-likeness (QED) is 0.767. The Kier molecular flexibility index (Phi) is 5.34. The van der Waals surface area contributed by atoms with E-state index in [0.717, 1.165) is 5.39 Å². The lowest BCUT2D eigenvalue weighted by atomic mass is 9.94. The van der Waals surface area contributed by atoms with E-state index in [1.54, 1.807) is 29.2 Å². The van der Waals surface area contributed by atoms with E-state index in [0.29, 0.717) is 55.4 Å². The summed E-state index contributed by atoms with van der Waals surface area (Å²) >= 11 is 6.00. The molecule has 0 spiro atoms. The smallest absolute Gasteiger partial charge is 0.289 e. The maximum absolute atomic E-state index is 12.9. The maximum atomic E-state index is 12.9. The van der Waals surface area contributed by atoms with E-state index < -0.39 is 0 Å². The lowest BCUT2D eigenvalue weighted by Gasteiger charge is -2.39. The fourth-order valence-electron chi connectivity index (χ4n) is 4.22. The van der Waals surface area contributed by atoms with E-state index in [4.69, 9.17) is 20.8 Å². The van der Waals surface area contributed by atoms with E-state index in [9.17, 15) is 9.59 Å². The molecule has 0 N–H and O–H groups in total. The molecule has 2 aliphatic heterocycles. The van der Waals surface area contributed by atoms with Gasteiger partial charge >= 0.3 is 0 Å². The highest BCUT2D eigenvalue weighted by Crippen LogP contribution is 2.26. The number of fused-ring (bicyclic) bond motifs is 1. The molecular weight excluding hydrogens is 380 g/mol. The molecule has 2 atom stereocenters. The average molecular weight is 405 g/mol. The van der Waals surface area contributed by atoms with Crippen LogP contribution in [0.1, 0.15) is 37.2 Å². The standard InChI is InChI=1S/C21H25ClN2O4/c1-13-11-24(12-14(2)27-13)20(25)15-5-7-23(8-6-15)21(26)19-10-16-9-17(22)3-4-18(16)28-19/h3-4,9-10,13-15H,5-8,11-12H2,1-2H3. The summed E-state index contributed by atoms with van der Waals surface area (Å²) in [4.78, 5) is 29.4. The van der Waals surface area contributed by atoms with E-state index >= 15 is 0 Å². The van der Waals surface area contributed by atoms with Gasteiger partial charge < -0.3 is 19.0 Å². The van der Waals surface area contributed by atoms with Gasteiger partial charge in [-0.3, -0.25) is 9.59 Å². The molecule has 7 heteroatoms. The van der Waals surface area contributed by atoms with Crippen LogP contribution < -0.4 is 0 Å². The second-order valence-corrected chi connectivity index (χ2v) is 8.30. The number of carbonyl (C=O) groups is 2. The lowest BCUT2D eigenvalue weighted by molar-refractivity contribution is -0.148. The summed E-state index contributed by atoms with van der Waals surface area (Å²) in [6.45, 7) is 6.40. The van der Waals surface area contributed by atoms with Crippen molar-refractivity contribution in [3.05, 3.63) is 35.0 Å². The predicted octanol–water partition coefficient (Wildman–Crippen LogP) is 3.57. The number of ether oxygens (including phenoxy) is 1. The van der Waals surface area contributed by atoms with Crippen molar-refractivity contribution in [1.82, 2.24) is 9.80 Å². The van der Waals surface area contributed by atoms with E-state index in [-0.39, 0.29) is 29.9 Å². The van der Waals surface area contributed by atoms with Crippen molar-refractivity contribution in [3.63, 3.8) is 0 Å². The number of amides is 2. The molecule has 2 saturated heterocycles. The van der Waals surface area contributed by atoms with Crippen molar-refractivity contribution < 1.29 is 18.7 Å². The predicted molar refractivity (Wildman–Crippen MR) is 106 cm³/mol. The third-order valence-electron chi connectivity index (χ3n) is 5.55. The number of hydrogen-bond acceptors (Lipinski definition) is 4. The summed E-state index contributed by atoms with van der Waals surface area (Å²) in [5.41, 5.74) is 0.647. The second kappa shape index (κ2) is 7.76. The number of piperidine rings is 1. The van der Waals surface area contributed by atoms with Crippen LogP contribution in [0.15, 0.2) is 28.7 Å². The van der Waals surface area contributed by atoms with Crippen molar-refractivity contribution in [2.75, 3.05) is 26.2 Å². The molecule has 4 rings (SSSR count). The number of hydrogen-bond donors (Lipinski definition) is 0. The van der Waals surface area contributed by atoms with Gasteiger partial charge in [0.05, 0.1) is 12.2 Å². The average Bonchev–Trinajstić information content (AvgIpc) is 3.09. The highest BCUT2D eigenvalue weighted by Gasteiger charge is 2.34. The van der Waals surface area contributed by atoms with E-state index in [2.05, 4.69) is 0 Å². The molecule has 1 aromatic carbocycles. The Bertz CT molecular complexity index is 878. The lowest BCUT2D eigenvalue weighted by Crippen LogP contribution is -2.51. The molecular formula is C21H25ClN2O4. The summed E-state index contributed by atoms with van der Waals surface area (Å²) in [6, 6.07) is 7.03. The molecule has 1 aromatic heterocycles. The van der Waals surface area contributed by atoms with Gasteiger partial charge in [-0.1, -0.05) is 11.6 Å². The number of morpholine rings is 1. The molecule has 2 fully saturated rings. The fraction of sp³-hybridized carbons (Fsp3) is 0.524. The van der Waals surface area contributed by atoms with E-state index in [1.165, 1.54) is 0 Å². The number of rotatable bonds is 2. The molecule has 2 unspecified atom stereocenters. The van der Waals surface area contributed by atoms with Crippen LogP contribution in [0.4, 0.5) is 0 Å².